The van der Waals surface area contributed by atoms with E-state index >= 15 is 0 Å². The third kappa shape index (κ3) is 5.05. The first-order valence-corrected chi connectivity index (χ1v) is 7.45. The molecule has 0 saturated carbocycles. The van der Waals surface area contributed by atoms with Gasteiger partial charge in [-0.3, -0.25) is 9.59 Å². The summed E-state index contributed by atoms with van der Waals surface area (Å²) >= 11 is 0. The van der Waals surface area contributed by atoms with Gasteiger partial charge in [0.2, 0.25) is 0 Å². The molecule has 0 N–H and O–H groups in total. The van der Waals surface area contributed by atoms with E-state index in [-0.39, 0.29) is 25.0 Å². The van der Waals surface area contributed by atoms with E-state index in [1.165, 1.54) is 6.08 Å². The Morgan fingerprint density at radius 2 is 1.43 bits per heavy atom. The van der Waals surface area contributed by atoms with Crippen LogP contribution in [0, 0.1) is 10.8 Å². The molecule has 0 aromatic heterocycles. The Hall–Kier alpha value is -1.54. The highest BCUT2D eigenvalue weighted by Gasteiger charge is 2.45. The molecule has 0 spiro atoms. The van der Waals surface area contributed by atoms with Crippen molar-refractivity contribution in [3.8, 4) is 0 Å². The Bertz CT molecular complexity index is 416. The summed E-state index contributed by atoms with van der Waals surface area (Å²) in [6.45, 7) is 13.7. The average Bonchev–Trinajstić information content (AvgIpc) is 2.39. The quantitative estimate of drug-likeness (QED) is 0.426. The fourth-order valence-corrected chi connectivity index (χ4v) is 1.56. The average molecular weight is 296 g/mol. The lowest BCUT2D eigenvalue weighted by Gasteiger charge is -2.24. The molecule has 120 valence electrons. The minimum Gasteiger partial charge on any atom is -0.465 e. The Labute approximate surface area is 128 Å². The Balaban J connectivity index is 5.87. The topological polar surface area (TPSA) is 52.6 Å². The van der Waals surface area contributed by atoms with Crippen molar-refractivity contribution in [2.45, 2.75) is 54.9 Å². The van der Waals surface area contributed by atoms with Gasteiger partial charge in [0.1, 0.15) is 0 Å². The number of rotatable bonds is 6. The van der Waals surface area contributed by atoms with Crippen LogP contribution in [0.5, 0.6) is 0 Å². The molecule has 0 aliphatic carbocycles. The van der Waals surface area contributed by atoms with E-state index in [2.05, 4.69) is 5.73 Å². The SMILES string of the molecule is CCOC(=O)C(C=C=C(C)C(C)(C)C)(CC)C(=O)OCC. The predicted octanol–water partition coefficient (Wildman–Crippen LogP) is 3.66. The van der Waals surface area contributed by atoms with Gasteiger partial charge in [0, 0.05) is 0 Å². The molecule has 0 fully saturated rings. The molecule has 21 heavy (non-hydrogen) atoms. The summed E-state index contributed by atoms with van der Waals surface area (Å²) in [4.78, 5) is 24.5. The van der Waals surface area contributed by atoms with Crippen molar-refractivity contribution in [1.29, 1.82) is 0 Å². The second kappa shape index (κ2) is 8.04. The molecule has 4 nitrogen and oxygen atoms in total. The summed E-state index contributed by atoms with van der Waals surface area (Å²) in [5, 5.41) is 0. The summed E-state index contributed by atoms with van der Waals surface area (Å²) < 4.78 is 10.1. The maximum atomic E-state index is 12.3. The standard InChI is InChI=1S/C17H28O4/c1-8-17(14(18)20-9-2,15(19)21-10-3)12-11-13(4)16(5,6)7/h12H,8-10H2,1-7H3. The number of ether oxygens (including phenoxy) is 2. The summed E-state index contributed by atoms with van der Waals surface area (Å²) in [6.07, 6.45) is 1.78. The van der Waals surface area contributed by atoms with Gasteiger partial charge in [0.15, 0.2) is 5.41 Å². The zero-order valence-electron chi connectivity index (χ0n) is 14.3. The second-order valence-corrected chi connectivity index (χ2v) is 5.93. The van der Waals surface area contributed by atoms with Gasteiger partial charge >= 0.3 is 11.9 Å². The molecule has 0 atom stereocenters. The molecule has 0 aliphatic rings. The smallest absolute Gasteiger partial charge is 0.328 e. The summed E-state index contributed by atoms with van der Waals surface area (Å²) in [7, 11) is 0. The van der Waals surface area contributed by atoms with Crippen LogP contribution < -0.4 is 0 Å². The van der Waals surface area contributed by atoms with Gasteiger partial charge in [-0.25, -0.2) is 0 Å². The van der Waals surface area contributed by atoms with Crippen LogP contribution in [0.1, 0.15) is 54.9 Å². The van der Waals surface area contributed by atoms with E-state index in [0.29, 0.717) is 0 Å². The van der Waals surface area contributed by atoms with Crippen LogP contribution in [0.2, 0.25) is 0 Å². The van der Waals surface area contributed by atoms with E-state index in [9.17, 15) is 9.59 Å². The zero-order valence-corrected chi connectivity index (χ0v) is 14.3. The molecule has 0 aliphatic heterocycles. The monoisotopic (exact) mass is 296 g/mol. The summed E-state index contributed by atoms with van der Waals surface area (Å²) in [5.41, 5.74) is 2.53. The minimum atomic E-state index is -1.42. The van der Waals surface area contributed by atoms with Crippen molar-refractivity contribution in [3.63, 3.8) is 0 Å². The first-order valence-electron chi connectivity index (χ1n) is 7.45. The molecule has 0 rings (SSSR count). The van der Waals surface area contributed by atoms with E-state index in [1.807, 2.05) is 27.7 Å². The molecule has 0 heterocycles. The fraction of sp³-hybridized carbons (Fsp3) is 0.706. The fourth-order valence-electron chi connectivity index (χ4n) is 1.56. The Morgan fingerprint density at radius 1 is 1.00 bits per heavy atom. The molecule has 0 bridgehead atoms. The van der Waals surface area contributed by atoms with Crippen LogP contribution in [0.25, 0.3) is 0 Å². The number of esters is 2. The highest BCUT2D eigenvalue weighted by atomic mass is 16.6. The van der Waals surface area contributed by atoms with Crippen molar-refractivity contribution in [1.82, 2.24) is 0 Å². The molecule has 0 unspecified atom stereocenters. The second-order valence-electron chi connectivity index (χ2n) is 5.93. The summed E-state index contributed by atoms with van der Waals surface area (Å²) in [6, 6.07) is 0. The molecular formula is C17H28O4. The van der Waals surface area contributed by atoms with Crippen LogP contribution in [-0.2, 0) is 19.1 Å². The van der Waals surface area contributed by atoms with Crippen molar-refractivity contribution in [2.24, 2.45) is 10.8 Å². The maximum Gasteiger partial charge on any atom is 0.328 e. The molecule has 0 radical (unpaired) electrons. The highest BCUT2D eigenvalue weighted by molar-refractivity contribution is 6.02. The van der Waals surface area contributed by atoms with E-state index < -0.39 is 17.4 Å². The Morgan fingerprint density at radius 3 is 1.71 bits per heavy atom. The van der Waals surface area contributed by atoms with E-state index in [1.54, 1.807) is 20.8 Å². The van der Waals surface area contributed by atoms with Gasteiger partial charge < -0.3 is 9.47 Å². The third-order valence-corrected chi connectivity index (χ3v) is 3.50. The molecular weight excluding hydrogens is 268 g/mol. The van der Waals surface area contributed by atoms with Gasteiger partial charge in [0.05, 0.1) is 13.2 Å². The molecule has 0 aromatic rings. The lowest BCUT2D eigenvalue weighted by molar-refractivity contribution is -0.168. The van der Waals surface area contributed by atoms with Crippen molar-refractivity contribution in [2.75, 3.05) is 13.2 Å². The third-order valence-electron chi connectivity index (χ3n) is 3.50. The number of carbonyl (C=O) groups is 2. The number of hydrogen-bond donors (Lipinski definition) is 0. The minimum absolute atomic E-state index is 0.0840. The van der Waals surface area contributed by atoms with Gasteiger partial charge in [-0.15, -0.1) is 5.73 Å². The van der Waals surface area contributed by atoms with Crippen LogP contribution in [0.3, 0.4) is 0 Å². The van der Waals surface area contributed by atoms with E-state index in [4.69, 9.17) is 9.47 Å². The van der Waals surface area contributed by atoms with Gasteiger partial charge in [0.25, 0.3) is 0 Å². The van der Waals surface area contributed by atoms with Crippen LogP contribution in [0.4, 0.5) is 0 Å². The molecule has 0 aromatic carbocycles. The van der Waals surface area contributed by atoms with Crippen LogP contribution in [-0.4, -0.2) is 25.2 Å². The van der Waals surface area contributed by atoms with E-state index in [0.717, 1.165) is 5.57 Å². The predicted molar refractivity (Wildman–Crippen MR) is 82.7 cm³/mol. The zero-order chi connectivity index (χ0) is 16.7. The van der Waals surface area contributed by atoms with Crippen LogP contribution in [0.15, 0.2) is 17.4 Å². The van der Waals surface area contributed by atoms with Crippen molar-refractivity contribution in [3.05, 3.63) is 17.4 Å². The van der Waals surface area contributed by atoms with Crippen molar-refractivity contribution >= 4 is 11.9 Å². The van der Waals surface area contributed by atoms with Crippen molar-refractivity contribution < 1.29 is 19.1 Å². The molecule has 0 saturated heterocycles. The Kier molecular flexibility index (Phi) is 7.45. The normalized spacial score (nSPS) is 11.4. The molecule has 4 heteroatoms. The lowest BCUT2D eigenvalue weighted by Crippen LogP contribution is -2.40. The lowest BCUT2D eigenvalue weighted by atomic mass is 9.83. The number of hydrogen-bond acceptors (Lipinski definition) is 4. The largest absolute Gasteiger partial charge is 0.465 e. The van der Waals surface area contributed by atoms with Gasteiger partial charge in [-0.1, -0.05) is 27.7 Å². The summed E-state index contributed by atoms with van der Waals surface area (Å²) in [5.74, 6) is -1.17. The highest BCUT2D eigenvalue weighted by Crippen LogP contribution is 2.30. The van der Waals surface area contributed by atoms with Gasteiger partial charge in [-0.05, 0) is 44.3 Å². The first-order chi connectivity index (χ1) is 9.65. The maximum absolute atomic E-state index is 12.3. The number of carbonyl (C=O) groups excluding carboxylic acids is 2. The first kappa shape index (κ1) is 19.5. The molecule has 0 amide bonds. The van der Waals surface area contributed by atoms with Crippen LogP contribution >= 0.6 is 0 Å². The van der Waals surface area contributed by atoms with Gasteiger partial charge in [-0.2, -0.15) is 0 Å².